The summed E-state index contributed by atoms with van der Waals surface area (Å²) in [6.45, 7) is 4.96. The summed E-state index contributed by atoms with van der Waals surface area (Å²) in [4.78, 5) is 24.4. The van der Waals surface area contributed by atoms with Gasteiger partial charge < -0.3 is 20.3 Å². The highest BCUT2D eigenvalue weighted by Crippen LogP contribution is 2.17. The molecule has 0 radical (unpaired) electrons. The third-order valence-electron chi connectivity index (χ3n) is 14.1. The van der Waals surface area contributed by atoms with E-state index in [4.69, 9.17) is 4.74 Å². The Morgan fingerprint density at radius 2 is 0.712 bits per heavy atom. The van der Waals surface area contributed by atoms with Crippen molar-refractivity contribution in [2.75, 3.05) is 13.2 Å². The molecule has 0 fully saturated rings. The first-order chi connectivity index (χ1) is 32.5. The molecule has 392 valence electrons. The molecule has 0 saturated heterocycles. The summed E-state index contributed by atoms with van der Waals surface area (Å²) < 4.78 is 5.46. The second-order valence-corrected chi connectivity index (χ2v) is 20.7. The number of hydrogen-bond acceptors (Lipinski definition) is 5. The van der Waals surface area contributed by atoms with Gasteiger partial charge >= 0.3 is 5.97 Å². The predicted molar refractivity (Wildman–Crippen MR) is 287 cm³/mol. The summed E-state index contributed by atoms with van der Waals surface area (Å²) in [5.74, 6) is -0.0216. The molecule has 0 aromatic carbocycles. The number of nitrogens with one attached hydrogen (secondary N) is 1. The normalized spacial score (nSPS) is 12.6. The molecule has 0 saturated carbocycles. The van der Waals surface area contributed by atoms with E-state index >= 15 is 0 Å². The van der Waals surface area contributed by atoms with E-state index < -0.39 is 12.1 Å². The van der Waals surface area contributed by atoms with Crippen molar-refractivity contribution in [3.8, 4) is 0 Å². The highest BCUT2D eigenvalue weighted by Gasteiger charge is 2.20. The molecule has 0 bridgehead atoms. The van der Waals surface area contributed by atoms with Crippen molar-refractivity contribution in [1.29, 1.82) is 0 Å². The molecule has 0 heterocycles. The molecule has 0 aliphatic carbocycles. The van der Waals surface area contributed by atoms with E-state index in [0.717, 1.165) is 38.5 Å². The first-order valence-electron chi connectivity index (χ1n) is 29.9. The van der Waals surface area contributed by atoms with E-state index in [2.05, 4.69) is 31.3 Å². The third kappa shape index (κ3) is 52.0. The van der Waals surface area contributed by atoms with E-state index in [1.54, 1.807) is 0 Å². The molecule has 0 rings (SSSR count). The minimum absolute atomic E-state index is 0.0144. The molecule has 6 nitrogen and oxygen atoms in total. The standard InChI is InChI=1S/C60H117NO5/c1-3-5-7-9-11-13-15-33-36-40-44-48-52-58(63)57(56-62)61-59(64)53-49-45-41-37-34-30-28-26-24-22-20-18-16-17-19-21-23-25-27-29-31-35-39-43-47-51-55-66-60(65)54-50-46-42-38-32-14-12-10-8-6-4-2/h16,18,57-58,62-63H,3-15,17,19-56H2,1-2H3,(H,61,64)/b18-16-. The lowest BCUT2D eigenvalue weighted by Crippen LogP contribution is -2.45. The van der Waals surface area contributed by atoms with Crippen molar-refractivity contribution in [3.63, 3.8) is 0 Å². The topological polar surface area (TPSA) is 95.9 Å². The second-order valence-electron chi connectivity index (χ2n) is 20.7. The number of amides is 1. The van der Waals surface area contributed by atoms with Crippen LogP contribution in [0, 0.1) is 0 Å². The average Bonchev–Trinajstić information content (AvgIpc) is 3.32. The minimum Gasteiger partial charge on any atom is -0.466 e. The number of carbonyl (C=O) groups is 2. The molecule has 0 aromatic heterocycles. The fraction of sp³-hybridized carbons (Fsp3) is 0.933. The summed E-state index contributed by atoms with van der Waals surface area (Å²) >= 11 is 0. The summed E-state index contributed by atoms with van der Waals surface area (Å²) in [5.41, 5.74) is 0. The number of esters is 1. The molecule has 2 unspecified atom stereocenters. The lowest BCUT2D eigenvalue weighted by atomic mass is 10.0. The van der Waals surface area contributed by atoms with Gasteiger partial charge in [0.2, 0.25) is 5.91 Å². The van der Waals surface area contributed by atoms with E-state index in [1.165, 1.54) is 263 Å². The number of allylic oxidation sites excluding steroid dienone is 2. The highest BCUT2D eigenvalue weighted by molar-refractivity contribution is 5.76. The van der Waals surface area contributed by atoms with Crippen molar-refractivity contribution >= 4 is 11.9 Å². The first kappa shape index (κ1) is 64.6. The van der Waals surface area contributed by atoms with Crippen LogP contribution in [0.3, 0.4) is 0 Å². The largest absolute Gasteiger partial charge is 0.466 e. The fourth-order valence-electron chi connectivity index (χ4n) is 9.46. The van der Waals surface area contributed by atoms with E-state index in [-0.39, 0.29) is 18.5 Å². The predicted octanol–water partition coefficient (Wildman–Crippen LogP) is 18.5. The molecular weight excluding hydrogens is 815 g/mol. The van der Waals surface area contributed by atoms with E-state index in [9.17, 15) is 19.8 Å². The van der Waals surface area contributed by atoms with Gasteiger partial charge in [-0.1, -0.05) is 283 Å². The number of hydrogen-bond donors (Lipinski definition) is 3. The lowest BCUT2D eigenvalue weighted by molar-refractivity contribution is -0.143. The number of unbranched alkanes of at least 4 members (excludes halogenated alkanes) is 43. The molecule has 66 heavy (non-hydrogen) atoms. The Balaban J connectivity index is 3.37. The van der Waals surface area contributed by atoms with Gasteiger partial charge in [-0.25, -0.2) is 0 Å². The van der Waals surface area contributed by atoms with Crippen LogP contribution in [0.2, 0.25) is 0 Å². The number of rotatable bonds is 56. The summed E-state index contributed by atoms with van der Waals surface area (Å²) in [5, 5.41) is 23.2. The molecule has 0 aromatic rings. The van der Waals surface area contributed by atoms with Crippen molar-refractivity contribution in [2.24, 2.45) is 0 Å². The Bertz CT molecular complexity index is 986. The second kappa shape index (κ2) is 56.2. The number of aliphatic hydroxyl groups is 2. The maximum absolute atomic E-state index is 12.4. The van der Waals surface area contributed by atoms with Crippen LogP contribution >= 0.6 is 0 Å². The van der Waals surface area contributed by atoms with Gasteiger partial charge in [-0.2, -0.15) is 0 Å². The highest BCUT2D eigenvalue weighted by atomic mass is 16.5. The Labute approximate surface area is 412 Å². The van der Waals surface area contributed by atoms with Gasteiger partial charge in [0.25, 0.3) is 0 Å². The molecule has 0 spiro atoms. The van der Waals surface area contributed by atoms with Crippen LogP contribution < -0.4 is 5.32 Å². The number of aliphatic hydroxyl groups excluding tert-OH is 2. The van der Waals surface area contributed by atoms with Crippen molar-refractivity contribution in [1.82, 2.24) is 5.32 Å². The Kier molecular flexibility index (Phi) is 55.0. The lowest BCUT2D eigenvalue weighted by Gasteiger charge is -2.22. The van der Waals surface area contributed by atoms with Crippen LogP contribution in [0.5, 0.6) is 0 Å². The molecule has 0 aliphatic heterocycles. The van der Waals surface area contributed by atoms with Crippen molar-refractivity contribution in [2.45, 2.75) is 347 Å². The number of carbonyl (C=O) groups excluding carboxylic acids is 2. The minimum atomic E-state index is -0.663. The quantitative estimate of drug-likeness (QED) is 0.0321. The first-order valence-corrected chi connectivity index (χ1v) is 29.9. The third-order valence-corrected chi connectivity index (χ3v) is 14.1. The van der Waals surface area contributed by atoms with Gasteiger partial charge in [0.05, 0.1) is 25.4 Å². The molecule has 2 atom stereocenters. The van der Waals surface area contributed by atoms with E-state index in [0.29, 0.717) is 25.9 Å². The summed E-state index contributed by atoms with van der Waals surface area (Å²) in [7, 11) is 0. The fourth-order valence-corrected chi connectivity index (χ4v) is 9.46. The maximum atomic E-state index is 12.4. The van der Waals surface area contributed by atoms with Gasteiger partial charge in [0.1, 0.15) is 0 Å². The van der Waals surface area contributed by atoms with Crippen LogP contribution in [0.25, 0.3) is 0 Å². The summed E-state index contributed by atoms with van der Waals surface area (Å²) in [6.07, 6.45) is 66.5. The Morgan fingerprint density at radius 3 is 1.08 bits per heavy atom. The van der Waals surface area contributed by atoms with Crippen LogP contribution in [0.15, 0.2) is 12.2 Å². The van der Waals surface area contributed by atoms with Gasteiger partial charge in [-0.15, -0.1) is 0 Å². The number of ether oxygens (including phenoxy) is 1. The van der Waals surface area contributed by atoms with Crippen molar-refractivity contribution in [3.05, 3.63) is 12.2 Å². The zero-order chi connectivity index (χ0) is 47.9. The SMILES string of the molecule is CCCCCCCCCCCCCCC(O)C(CO)NC(=O)CCCCCCCCCCCC/C=C\CCCCCCCCCCCCCCOC(=O)CCCCCCCCCCCCC. The molecule has 6 heteroatoms. The molecule has 3 N–H and O–H groups in total. The smallest absolute Gasteiger partial charge is 0.305 e. The zero-order valence-corrected chi connectivity index (χ0v) is 44.7. The Morgan fingerprint density at radius 1 is 0.409 bits per heavy atom. The van der Waals surface area contributed by atoms with Crippen LogP contribution in [-0.2, 0) is 14.3 Å². The monoisotopic (exact) mass is 932 g/mol. The van der Waals surface area contributed by atoms with E-state index in [1.807, 2.05) is 0 Å². The molecule has 0 aliphatic rings. The molecular formula is C60H117NO5. The zero-order valence-electron chi connectivity index (χ0n) is 44.7. The van der Waals surface area contributed by atoms with Gasteiger partial charge in [-0.3, -0.25) is 9.59 Å². The molecule has 1 amide bonds. The van der Waals surface area contributed by atoms with Crippen LogP contribution in [-0.4, -0.2) is 47.4 Å². The Hall–Kier alpha value is -1.40. The summed E-state index contributed by atoms with van der Waals surface area (Å²) in [6, 6.07) is -0.541. The van der Waals surface area contributed by atoms with Crippen LogP contribution in [0.4, 0.5) is 0 Å². The van der Waals surface area contributed by atoms with Crippen molar-refractivity contribution < 1.29 is 24.5 Å². The van der Waals surface area contributed by atoms with Gasteiger partial charge in [0, 0.05) is 12.8 Å². The van der Waals surface area contributed by atoms with Crippen LogP contribution in [0.1, 0.15) is 335 Å². The van der Waals surface area contributed by atoms with Gasteiger partial charge in [-0.05, 0) is 51.4 Å². The van der Waals surface area contributed by atoms with Gasteiger partial charge in [0.15, 0.2) is 0 Å². The average molecular weight is 933 g/mol. The maximum Gasteiger partial charge on any atom is 0.305 e.